The third-order valence-corrected chi connectivity index (χ3v) is 6.12. The monoisotopic (exact) mass is 394 g/mol. The minimum Gasteiger partial charge on any atom is -0.324 e. The summed E-state index contributed by atoms with van der Waals surface area (Å²) in [5, 5.41) is 0. The summed E-state index contributed by atoms with van der Waals surface area (Å²) in [6.45, 7) is 2.13. The Balaban J connectivity index is 1.82. The molecular formula is C22H19FN2O2S. The lowest BCUT2D eigenvalue weighted by Crippen LogP contribution is -2.37. The maximum Gasteiger partial charge on any atom is 0.283 e. The average Bonchev–Trinajstić information content (AvgIpc) is 2.68. The lowest BCUT2D eigenvalue weighted by Gasteiger charge is -2.32. The van der Waals surface area contributed by atoms with E-state index in [1.807, 2.05) is 43.3 Å². The number of rotatable bonds is 3. The summed E-state index contributed by atoms with van der Waals surface area (Å²) in [7, 11) is -3.88. The van der Waals surface area contributed by atoms with Crippen LogP contribution in [0.1, 0.15) is 16.7 Å². The Bertz CT molecular complexity index is 1140. The number of sulfonamides is 1. The van der Waals surface area contributed by atoms with E-state index in [0.29, 0.717) is 11.4 Å². The molecule has 0 fully saturated rings. The van der Waals surface area contributed by atoms with E-state index >= 15 is 0 Å². The Kier molecular flexibility index (Phi) is 4.73. The number of nitrogens with zero attached hydrogens (tertiary/aromatic N) is 2. The van der Waals surface area contributed by atoms with E-state index in [0.717, 1.165) is 16.8 Å². The predicted molar refractivity (Wildman–Crippen MR) is 109 cm³/mol. The molecule has 0 N–H and O–H groups in total. The van der Waals surface area contributed by atoms with Crippen LogP contribution in [0.5, 0.6) is 0 Å². The molecule has 0 bridgehead atoms. The highest BCUT2D eigenvalue weighted by Gasteiger charge is 2.27. The first-order valence-corrected chi connectivity index (χ1v) is 10.4. The Morgan fingerprint density at radius 3 is 2.36 bits per heavy atom. The molecule has 3 aromatic carbocycles. The summed E-state index contributed by atoms with van der Waals surface area (Å²) in [6, 6.07) is 20.8. The van der Waals surface area contributed by atoms with E-state index in [4.69, 9.17) is 0 Å². The van der Waals surface area contributed by atoms with Crippen LogP contribution in [0.3, 0.4) is 0 Å². The van der Waals surface area contributed by atoms with Crippen molar-refractivity contribution in [3.63, 3.8) is 0 Å². The maximum absolute atomic E-state index is 14.3. The standard InChI is InChI=1S/C22H19FN2O2S/c1-16-10-12-19(13-11-16)28(26,27)24-22-14-17-6-5-9-21(23)20(17)15-25(22)18-7-3-2-4-8-18/h2-13H,14-15H2,1H3. The maximum atomic E-state index is 14.3. The van der Waals surface area contributed by atoms with Crippen molar-refractivity contribution < 1.29 is 12.8 Å². The van der Waals surface area contributed by atoms with E-state index in [9.17, 15) is 12.8 Å². The van der Waals surface area contributed by atoms with E-state index in [-0.39, 0.29) is 23.7 Å². The molecule has 28 heavy (non-hydrogen) atoms. The Labute approximate surface area is 164 Å². The molecular weight excluding hydrogens is 375 g/mol. The molecule has 0 spiro atoms. The second-order valence-electron chi connectivity index (χ2n) is 6.77. The molecule has 4 rings (SSSR count). The fourth-order valence-electron chi connectivity index (χ4n) is 3.29. The predicted octanol–water partition coefficient (Wildman–Crippen LogP) is 4.48. The lowest BCUT2D eigenvalue weighted by atomic mass is 9.98. The topological polar surface area (TPSA) is 49.7 Å². The van der Waals surface area contributed by atoms with Crippen LogP contribution in [0.25, 0.3) is 0 Å². The van der Waals surface area contributed by atoms with Gasteiger partial charge in [-0.15, -0.1) is 4.40 Å². The third-order valence-electron chi connectivity index (χ3n) is 4.80. The van der Waals surface area contributed by atoms with Gasteiger partial charge in [-0.2, -0.15) is 8.42 Å². The Morgan fingerprint density at radius 1 is 0.929 bits per heavy atom. The number of amidine groups is 1. The summed E-state index contributed by atoms with van der Waals surface area (Å²) in [4.78, 5) is 1.90. The molecule has 0 aromatic heterocycles. The molecule has 0 aliphatic carbocycles. The van der Waals surface area contributed by atoms with Gasteiger partial charge in [0.1, 0.15) is 11.7 Å². The van der Waals surface area contributed by atoms with Gasteiger partial charge < -0.3 is 4.90 Å². The molecule has 6 heteroatoms. The summed E-state index contributed by atoms with van der Waals surface area (Å²) in [5.41, 5.74) is 3.07. The normalized spacial score (nSPS) is 15.5. The number of aryl methyl sites for hydroxylation is 1. The second-order valence-corrected chi connectivity index (χ2v) is 8.38. The summed E-state index contributed by atoms with van der Waals surface area (Å²) < 4.78 is 44.2. The molecule has 0 amide bonds. The number of hydrogen-bond acceptors (Lipinski definition) is 2. The molecule has 3 aromatic rings. The van der Waals surface area contributed by atoms with Crippen molar-refractivity contribution in [3.05, 3.63) is 95.3 Å². The van der Waals surface area contributed by atoms with Gasteiger partial charge in [0, 0.05) is 17.7 Å². The summed E-state index contributed by atoms with van der Waals surface area (Å²) >= 11 is 0. The molecule has 1 aliphatic rings. The van der Waals surface area contributed by atoms with Crippen molar-refractivity contribution in [3.8, 4) is 0 Å². The van der Waals surface area contributed by atoms with Gasteiger partial charge in [0.2, 0.25) is 0 Å². The zero-order valence-electron chi connectivity index (χ0n) is 15.3. The van der Waals surface area contributed by atoms with Crippen LogP contribution in [0.4, 0.5) is 10.1 Å². The minimum absolute atomic E-state index is 0.142. The van der Waals surface area contributed by atoms with Gasteiger partial charge in [-0.1, -0.05) is 48.0 Å². The van der Waals surface area contributed by atoms with Crippen LogP contribution in [-0.4, -0.2) is 14.3 Å². The molecule has 0 saturated carbocycles. The molecule has 0 saturated heterocycles. The number of anilines is 1. The molecule has 0 radical (unpaired) electrons. The first-order chi connectivity index (χ1) is 13.4. The SMILES string of the molecule is Cc1ccc(S(=O)(=O)N=C2Cc3cccc(F)c3CN2c2ccccc2)cc1. The minimum atomic E-state index is -3.88. The van der Waals surface area contributed by atoms with Crippen molar-refractivity contribution in [2.45, 2.75) is 24.8 Å². The Hall–Kier alpha value is -2.99. The van der Waals surface area contributed by atoms with E-state index in [2.05, 4.69) is 4.40 Å². The van der Waals surface area contributed by atoms with Crippen molar-refractivity contribution in [1.82, 2.24) is 0 Å². The highest BCUT2D eigenvalue weighted by atomic mass is 32.2. The molecule has 4 nitrogen and oxygen atoms in total. The molecule has 142 valence electrons. The van der Waals surface area contributed by atoms with Gasteiger partial charge in [0.15, 0.2) is 0 Å². The lowest BCUT2D eigenvalue weighted by molar-refractivity contribution is 0.597. The van der Waals surface area contributed by atoms with Crippen LogP contribution in [-0.2, 0) is 23.0 Å². The first kappa shape index (κ1) is 18.4. The van der Waals surface area contributed by atoms with E-state index < -0.39 is 10.0 Å². The molecule has 1 aliphatic heterocycles. The summed E-state index contributed by atoms with van der Waals surface area (Å²) in [5.74, 6) is 0.0868. The quantitative estimate of drug-likeness (QED) is 0.658. The zero-order chi connectivity index (χ0) is 19.7. The van der Waals surface area contributed by atoms with Gasteiger partial charge in [0.25, 0.3) is 10.0 Å². The Morgan fingerprint density at radius 2 is 1.64 bits per heavy atom. The van der Waals surface area contributed by atoms with Gasteiger partial charge in [0.05, 0.1) is 11.4 Å². The van der Waals surface area contributed by atoms with Crippen LogP contribution >= 0.6 is 0 Å². The van der Waals surface area contributed by atoms with Crippen molar-refractivity contribution in [2.24, 2.45) is 4.40 Å². The highest BCUT2D eigenvalue weighted by molar-refractivity contribution is 7.90. The van der Waals surface area contributed by atoms with E-state index in [1.54, 1.807) is 35.2 Å². The number of fused-ring (bicyclic) bond motifs is 1. The third kappa shape index (κ3) is 3.55. The van der Waals surface area contributed by atoms with Crippen molar-refractivity contribution in [2.75, 3.05) is 4.90 Å². The van der Waals surface area contributed by atoms with Crippen LogP contribution in [0.15, 0.2) is 82.1 Å². The van der Waals surface area contributed by atoms with E-state index in [1.165, 1.54) is 6.07 Å². The average molecular weight is 394 g/mol. The summed E-state index contributed by atoms with van der Waals surface area (Å²) in [6.07, 6.45) is 0.243. The largest absolute Gasteiger partial charge is 0.324 e. The first-order valence-electron chi connectivity index (χ1n) is 8.93. The number of benzene rings is 3. The van der Waals surface area contributed by atoms with Crippen molar-refractivity contribution in [1.29, 1.82) is 0 Å². The fraction of sp³-hybridized carbons (Fsp3) is 0.136. The zero-order valence-corrected chi connectivity index (χ0v) is 16.2. The smallest absolute Gasteiger partial charge is 0.283 e. The number of hydrogen-bond donors (Lipinski definition) is 0. The molecule has 0 unspecified atom stereocenters. The van der Waals surface area contributed by atoms with Gasteiger partial charge >= 0.3 is 0 Å². The highest BCUT2D eigenvalue weighted by Crippen LogP contribution is 2.28. The second kappa shape index (κ2) is 7.20. The van der Waals surface area contributed by atoms with Gasteiger partial charge in [-0.25, -0.2) is 4.39 Å². The van der Waals surface area contributed by atoms with Crippen LogP contribution < -0.4 is 4.90 Å². The van der Waals surface area contributed by atoms with Crippen molar-refractivity contribution >= 4 is 21.5 Å². The molecule has 1 heterocycles. The molecule has 0 atom stereocenters. The van der Waals surface area contributed by atoms with Gasteiger partial charge in [-0.3, -0.25) is 0 Å². The van der Waals surface area contributed by atoms with Crippen LogP contribution in [0.2, 0.25) is 0 Å². The number of halogens is 1. The van der Waals surface area contributed by atoms with Gasteiger partial charge in [-0.05, 0) is 42.8 Å². The fourth-order valence-corrected chi connectivity index (χ4v) is 4.32. The van der Waals surface area contributed by atoms with Crippen LogP contribution in [0, 0.1) is 12.7 Å². The number of para-hydroxylation sites is 1.